The molecule has 1 N–H and O–H groups in total. The maximum atomic E-state index is 12.8. The van der Waals surface area contributed by atoms with Crippen LogP contribution in [-0.2, 0) is 11.2 Å². The first-order valence-corrected chi connectivity index (χ1v) is 9.30. The van der Waals surface area contributed by atoms with Crippen molar-refractivity contribution < 1.29 is 9.59 Å². The van der Waals surface area contributed by atoms with Crippen LogP contribution in [0.15, 0.2) is 72.8 Å². The van der Waals surface area contributed by atoms with Crippen LogP contribution in [0.25, 0.3) is 0 Å². The van der Waals surface area contributed by atoms with Gasteiger partial charge < -0.3 is 10.2 Å². The number of hydrogen-bond donors (Lipinski definition) is 1. The molecular formula is C23H21ClN2O2. The second-order valence-electron chi connectivity index (χ2n) is 6.57. The zero-order valence-corrected chi connectivity index (χ0v) is 16.5. The lowest BCUT2D eigenvalue weighted by atomic mass is 10.1. The van der Waals surface area contributed by atoms with E-state index in [1.54, 1.807) is 55.6 Å². The number of anilines is 2. The largest absolute Gasteiger partial charge is 0.321 e. The number of likely N-dealkylation sites (N-methyl/N-ethyl adjacent to an activating group) is 1. The van der Waals surface area contributed by atoms with Crippen molar-refractivity contribution in [3.05, 3.63) is 94.5 Å². The highest BCUT2D eigenvalue weighted by atomic mass is 35.5. The van der Waals surface area contributed by atoms with E-state index in [0.717, 1.165) is 11.1 Å². The van der Waals surface area contributed by atoms with Crippen molar-refractivity contribution in [3.63, 3.8) is 0 Å². The summed E-state index contributed by atoms with van der Waals surface area (Å²) in [7, 11) is 1.68. The number of para-hydroxylation sites is 2. The van der Waals surface area contributed by atoms with Gasteiger partial charge in [0.05, 0.1) is 28.4 Å². The van der Waals surface area contributed by atoms with Crippen LogP contribution in [0.3, 0.4) is 0 Å². The molecular weight excluding hydrogens is 372 g/mol. The van der Waals surface area contributed by atoms with E-state index >= 15 is 0 Å². The number of nitrogens with zero attached hydrogens (tertiary/aromatic N) is 1. The molecule has 3 aromatic carbocycles. The summed E-state index contributed by atoms with van der Waals surface area (Å²) in [5, 5.41) is 3.26. The first-order valence-electron chi connectivity index (χ1n) is 8.92. The first-order chi connectivity index (χ1) is 13.5. The molecule has 28 heavy (non-hydrogen) atoms. The van der Waals surface area contributed by atoms with Crippen molar-refractivity contribution in [1.29, 1.82) is 0 Å². The zero-order chi connectivity index (χ0) is 20.1. The van der Waals surface area contributed by atoms with E-state index in [0.29, 0.717) is 22.0 Å². The SMILES string of the molecule is Cc1ccc(CC(=O)N(C)c2ccccc2C(=O)Nc2ccccc2Cl)cc1. The molecule has 0 saturated carbocycles. The van der Waals surface area contributed by atoms with Gasteiger partial charge in [-0.25, -0.2) is 0 Å². The van der Waals surface area contributed by atoms with Crippen LogP contribution in [0.1, 0.15) is 21.5 Å². The van der Waals surface area contributed by atoms with Gasteiger partial charge in [-0.1, -0.05) is 65.7 Å². The molecule has 0 aliphatic heterocycles. The molecule has 3 rings (SSSR count). The Morgan fingerprint density at radius 2 is 1.57 bits per heavy atom. The average Bonchev–Trinajstić information content (AvgIpc) is 2.70. The molecule has 0 heterocycles. The summed E-state index contributed by atoms with van der Waals surface area (Å²) < 4.78 is 0. The smallest absolute Gasteiger partial charge is 0.257 e. The van der Waals surface area contributed by atoms with Crippen LogP contribution in [0.5, 0.6) is 0 Å². The minimum Gasteiger partial charge on any atom is -0.321 e. The van der Waals surface area contributed by atoms with Crippen LogP contribution in [0, 0.1) is 6.92 Å². The van der Waals surface area contributed by atoms with E-state index in [1.165, 1.54) is 4.90 Å². The van der Waals surface area contributed by atoms with Crippen molar-refractivity contribution in [2.45, 2.75) is 13.3 Å². The Bertz CT molecular complexity index is 999. The molecule has 5 heteroatoms. The molecule has 4 nitrogen and oxygen atoms in total. The third-order valence-electron chi connectivity index (χ3n) is 4.48. The maximum Gasteiger partial charge on any atom is 0.257 e. The monoisotopic (exact) mass is 392 g/mol. The Balaban J connectivity index is 1.80. The average molecular weight is 393 g/mol. The van der Waals surface area contributed by atoms with Gasteiger partial charge in [-0.05, 0) is 36.8 Å². The Labute approximate surface area is 169 Å². The summed E-state index contributed by atoms with van der Waals surface area (Å²) >= 11 is 6.13. The quantitative estimate of drug-likeness (QED) is 0.656. The summed E-state index contributed by atoms with van der Waals surface area (Å²) in [6, 6.07) is 21.9. The Kier molecular flexibility index (Phi) is 6.12. The molecule has 2 amide bonds. The molecule has 0 aromatic heterocycles. The van der Waals surface area contributed by atoms with Crippen molar-refractivity contribution in [2.24, 2.45) is 0 Å². The van der Waals surface area contributed by atoms with Crippen LogP contribution >= 0.6 is 11.6 Å². The Hall–Kier alpha value is -3.11. The highest BCUT2D eigenvalue weighted by molar-refractivity contribution is 6.34. The van der Waals surface area contributed by atoms with Gasteiger partial charge in [-0.15, -0.1) is 0 Å². The number of rotatable bonds is 5. The van der Waals surface area contributed by atoms with E-state index in [-0.39, 0.29) is 18.2 Å². The molecule has 3 aromatic rings. The molecule has 0 unspecified atom stereocenters. The Morgan fingerprint density at radius 3 is 2.29 bits per heavy atom. The Morgan fingerprint density at radius 1 is 0.929 bits per heavy atom. The lowest BCUT2D eigenvalue weighted by molar-refractivity contribution is -0.117. The summed E-state index contributed by atoms with van der Waals surface area (Å²) in [5.74, 6) is -0.416. The predicted molar refractivity (Wildman–Crippen MR) is 114 cm³/mol. The van der Waals surface area contributed by atoms with Crippen molar-refractivity contribution in [3.8, 4) is 0 Å². The highest BCUT2D eigenvalue weighted by Crippen LogP contribution is 2.25. The van der Waals surface area contributed by atoms with E-state index in [1.807, 2.05) is 31.2 Å². The molecule has 0 aliphatic rings. The zero-order valence-electron chi connectivity index (χ0n) is 15.8. The number of benzene rings is 3. The molecule has 0 spiro atoms. The van der Waals surface area contributed by atoms with Gasteiger partial charge in [-0.3, -0.25) is 9.59 Å². The fourth-order valence-corrected chi connectivity index (χ4v) is 3.03. The van der Waals surface area contributed by atoms with Crippen LogP contribution in [-0.4, -0.2) is 18.9 Å². The summed E-state index contributed by atoms with van der Waals surface area (Å²) in [4.78, 5) is 27.1. The van der Waals surface area contributed by atoms with E-state index in [2.05, 4.69) is 5.32 Å². The van der Waals surface area contributed by atoms with Gasteiger partial charge in [0.25, 0.3) is 5.91 Å². The molecule has 0 radical (unpaired) electrons. The van der Waals surface area contributed by atoms with Crippen molar-refractivity contribution >= 4 is 34.8 Å². The molecule has 0 aliphatic carbocycles. The third kappa shape index (κ3) is 4.59. The van der Waals surface area contributed by atoms with Gasteiger partial charge in [0.1, 0.15) is 0 Å². The van der Waals surface area contributed by atoms with Crippen LogP contribution < -0.4 is 10.2 Å². The van der Waals surface area contributed by atoms with E-state index in [9.17, 15) is 9.59 Å². The standard InChI is InChI=1S/C23H21ClN2O2/c1-16-11-13-17(14-12-16)15-22(27)26(2)21-10-6-3-7-18(21)23(28)25-20-9-5-4-8-19(20)24/h3-14H,15H2,1-2H3,(H,25,28). The van der Waals surface area contributed by atoms with Gasteiger partial charge in [0, 0.05) is 7.05 Å². The number of carbonyl (C=O) groups excluding carboxylic acids is 2. The number of carbonyl (C=O) groups is 2. The minimum atomic E-state index is -0.321. The summed E-state index contributed by atoms with van der Waals surface area (Å²) in [5.41, 5.74) is 3.55. The molecule has 0 bridgehead atoms. The number of aryl methyl sites for hydroxylation is 1. The lowest BCUT2D eigenvalue weighted by Gasteiger charge is -2.21. The van der Waals surface area contributed by atoms with Gasteiger partial charge >= 0.3 is 0 Å². The van der Waals surface area contributed by atoms with E-state index < -0.39 is 0 Å². The summed E-state index contributed by atoms with van der Waals surface area (Å²) in [6.07, 6.45) is 0.261. The van der Waals surface area contributed by atoms with Gasteiger partial charge in [0.15, 0.2) is 0 Å². The molecule has 0 saturated heterocycles. The molecule has 0 fully saturated rings. The second kappa shape index (κ2) is 8.72. The topological polar surface area (TPSA) is 49.4 Å². The van der Waals surface area contributed by atoms with E-state index in [4.69, 9.17) is 11.6 Å². The molecule has 142 valence electrons. The lowest BCUT2D eigenvalue weighted by Crippen LogP contribution is -2.30. The van der Waals surface area contributed by atoms with Gasteiger partial charge in [-0.2, -0.15) is 0 Å². The van der Waals surface area contributed by atoms with Gasteiger partial charge in [0.2, 0.25) is 5.91 Å². The molecule has 0 atom stereocenters. The van der Waals surface area contributed by atoms with Crippen LogP contribution in [0.2, 0.25) is 5.02 Å². The normalized spacial score (nSPS) is 10.4. The number of halogens is 1. The fraction of sp³-hybridized carbons (Fsp3) is 0.130. The number of amides is 2. The first kappa shape index (κ1) is 19.6. The predicted octanol–water partition coefficient (Wildman–Crippen LogP) is 5.11. The summed E-state index contributed by atoms with van der Waals surface area (Å²) in [6.45, 7) is 2.01. The number of nitrogens with one attached hydrogen (secondary N) is 1. The van der Waals surface area contributed by atoms with Crippen LogP contribution in [0.4, 0.5) is 11.4 Å². The highest BCUT2D eigenvalue weighted by Gasteiger charge is 2.19. The minimum absolute atomic E-state index is 0.0955. The maximum absolute atomic E-state index is 12.8. The third-order valence-corrected chi connectivity index (χ3v) is 4.81. The second-order valence-corrected chi connectivity index (χ2v) is 6.97. The fourth-order valence-electron chi connectivity index (χ4n) is 2.84. The van der Waals surface area contributed by atoms with Crippen molar-refractivity contribution in [1.82, 2.24) is 0 Å². The number of hydrogen-bond acceptors (Lipinski definition) is 2. The van der Waals surface area contributed by atoms with Crippen molar-refractivity contribution in [2.75, 3.05) is 17.3 Å².